The summed E-state index contributed by atoms with van der Waals surface area (Å²) in [6, 6.07) is 0.262. The second-order valence-corrected chi connectivity index (χ2v) is 5.53. The number of guanidine groups is 1. The predicted octanol–water partition coefficient (Wildman–Crippen LogP) is 1.42. The SMILES string of the molecule is CCOC(=O)N1CCC(NC(N)=NCCCn2ccnc2)CC1.I. The zero-order valence-corrected chi connectivity index (χ0v) is 16.4. The number of hydrogen-bond donors (Lipinski definition) is 2. The number of imidazole rings is 1. The average Bonchev–Trinajstić information content (AvgIpc) is 3.06. The predicted molar refractivity (Wildman–Crippen MR) is 104 cm³/mol. The summed E-state index contributed by atoms with van der Waals surface area (Å²) in [7, 11) is 0. The Morgan fingerprint density at radius 2 is 2.21 bits per heavy atom. The van der Waals surface area contributed by atoms with E-state index in [0.717, 1.165) is 25.8 Å². The molecule has 0 spiro atoms. The van der Waals surface area contributed by atoms with Gasteiger partial charge >= 0.3 is 6.09 Å². The van der Waals surface area contributed by atoms with Crippen LogP contribution in [0.15, 0.2) is 23.7 Å². The minimum Gasteiger partial charge on any atom is -0.450 e. The minimum atomic E-state index is -0.230. The summed E-state index contributed by atoms with van der Waals surface area (Å²) >= 11 is 0. The van der Waals surface area contributed by atoms with Crippen molar-refractivity contribution in [3.05, 3.63) is 18.7 Å². The highest BCUT2D eigenvalue weighted by atomic mass is 127. The van der Waals surface area contributed by atoms with Crippen LogP contribution in [0.4, 0.5) is 4.79 Å². The third-order valence-electron chi connectivity index (χ3n) is 3.79. The summed E-state index contributed by atoms with van der Waals surface area (Å²) in [6.07, 6.45) is 7.88. The lowest BCUT2D eigenvalue weighted by molar-refractivity contribution is 0.0963. The van der Waals surface area contributed by atoms with E-state index in [9.17, 15) is 4.79 Å². The number of carbonyl (C=O) groups excluding carboxylic acids is 1. The van der Waals surface area contributed by atoms with E-state index in [2.05, 4.69) is 15.3 Å². The van der Waals surface area contributed by atoms with E-state index >= 15 is 0 Å². The van der Waals surface area contributed by atoms with Gasteiger partial charge < -0.3 is 25.3 Å². The highest BCUT2D eigenvalue weighted by Crippen LogP contribution is 2.11. The molecule has 0 atom stereocenters. The number of aromatic nitrogens is 2. The van der Waals surface area contributed by atoms with E-state index in [1.165, 1.54) is 0 Å². The number of likely N-dealkylation sites (tertiary alicyclic amines) is 1. The van der Waals surface area contributed by atoms with Crippen LogP contribution in [0.5, 0.6) is 0 Å². The van der Waals surface area contributed by atoms with Gasteiger partial charge in [-0.25, -0.2) is 9.78 Å². The lowest BCUT2D eigenvalue weighted by atomic mass is 10.1. The minimum absolute atomic E-state index is 0. The lowest BCUT2D eigenvalue weighted by Gasteiger charge is -2.31. The van der Waals surface area contributed by atoms with Gasteiger partial charge in [-0.05, 0) is 26.2 Å². The van der Waals surface area contributed by atoms with Crippen molar-refractivity contribution in [3.63, 3.8) is 0 Å². The van der Waals surface area contributed by atoms with Crippen molar-refractivity contribution in [2.75, 3.05) is 26.2 Å². The zero-order valence-electron chi connectivity index (χ0n) is 14.1. The molecule has 0 aromatic carbocycles. The van der Waals surface area contributed by atoms with Gasteiger partial charge in [0.05, 0.1) is 12.9 Å². The second-order valence-electron chi connectivity index (χ2n) is 5.53. The number of halogens is 1. The molecule has 1 aliphatic rings. The summed E-state index contributed by atoms with van der Waals surface area (Å²) in [5, 5.41) is 3.23. The highest BCUT2D eigenvalue weighted by molar-refractivity contribution is 14.0. The van der Waals surface area contributed by atoms with Gasteiger partial charge in [0.15, 0.2) is 5.96 Å². The fourth-order valence-corrected chi connectivity index (χ4v) is 2.55. The lowest BCUT2D eigenvalue weighted by Crippen LogP contribution is -2.48. The Bertz CT molecular complexity index is 500. The van der Waals surface area contributed by atoms with Crippen LogP contribution in [-0.4, -0.2) is 58.8 Å². The number of aryl methyl sites for hydroxylation is 1. The smallest absolute Gasteiger partial charge is 0.409 e. The number of nitrogens with zero attached hydrogens (tertiary/aromatic N) is 4. The molecule has 3 N–H and O–H groups in total. The van der Waals surface area contributed by atoms with E-state index < -0.39 is 0 Å². The molecule has 2 heterocycles. The molecule has 1 fully saturated rings. The Morgan fingerprint density at radius 3 is 2.83 bits per heavy atom. The van der Waals surface area contributed by atoms with Crippen LogP contribution in [-0.2, 0) is 11.3 Å². The molecular weight excluding hydrogens is 423 g/mol. The Morgan fingerprint density at radius 1 is 1.46 bits per heavy atom. The Balaban J connectivity index is 0.00000288. The third-order valence-corrected chi connectivity index (χ3v) is 3.79. The molecule has 2 rings (SSSR count). The van der Waals surface area contributed by atoms with Crippen LogP contribution in [0.1, 0.15) is 26.2 Å². The first kappa shape index (κ1) is 20.5. The van der Waals surface area contributed by atoms with Crippen molar-refractivity contribution in [1.29, 1.82) is 0 Å². The van der Waals surface area contributed by atoms with Crippen LogP contribution in [0, 0.1) is 0 Å². The molecule has 1 aromatic rings. The van der Waals surface area contributed by atoms with Crippen molar-refractivity contribution in [2.45, 2.75) is 38.8 Å². The van der Waals surface area contributed by atoms with Gasteiger partial charge in [-0.15, -0.1) is 24.0 Å². The van der Waals surface area contributed by atoms with Gasteiger partial charge in [0, 0.05) is 44.6 Å². The van der Waals surface area contributed by atoms with Crippen LogP contribution >= 0.6 is 24.0 Å². The molecule has 1 aromatic heterocycles. The van der Waals surface area contributed by atoms with Crippen molar-refractivity contribution < 1.29 is 9.53 Å². The molecule has 0 saturated carbocycles. The quantitative estimate of drug-likeness (QED) is 0.296. The van der Waals surface area contributed by atoms with Crippen LogP contribution < -0.4 is 11.1 Å². The summed E-state index contributed by atoms with van der Waals surface area (Å²) in [5.74, 6) is 0.477. The number of ether oxygens (including phenoxy) is 1. The number of hydrogen-bond acceptors (Lipinski definition) is 4. The van der Waals surface area contributed by atoms with E-state index in [1.807, 2.05) is 17.7 Å². The number of piperidine rings is 1. The summed E-state index contributed by atoms with van der Waals surface area (Å²) < 4.78 is 7.02. The first-order valence-corrected chi connectivity index (χ1v) is 8.13. The molecule has 0 aliphatic carbocycles. The van der Waals surface area contributed by atoms with Crippen LogP contribution in [0.2, 0.25) is 0 Å². The topological polar surface area (TPSA) is 97.8 Å². The summed E-state index contributed by atoms with van der Waals surface area (Å²) in [6.45, 7) is 5.16. The van der Waals surface area contributed by atoms with Crippen molar-refractivity contribution in [3.8, 4) is 0 Å². The number of aliphatic imine (C=N–C) groups is 1. The molecule has 0 unspecified atom stereocenters. The van der Waals surface area contributed by atoms with Gasteiger partial charge in [-0.3, -0.25) is 4.99 Å². The number of rotatable bonds is 6. The molecule has 1 saturated heterocycles. The average molecular weight is 450 g/mol. The second kappa shape index (κ2) is 11.1. The standard InChI is InChI=1S/C15H26N6O2.HI/c1-2-23-15(22)21-9-4-13(5-10-21)19-14(16)18-6-3-8-20-11-7-17-12-20;/h7,11-13H,2-6,8-10H2,1H3,(H3,16,18,19);1H. The molecule has 1 amide bonds. The van der Waals surface area contributed by atoms with Gasteiger partial charge in [0.1, 0.15) is 0 Å². The first-order chi connectivity index (χ1) is 11.2. The molecule has 136 valence electrons. The van der Waals surface area contributed by atoms with Gasteiger partial charge in [0.2, 0.25) is 0 Å². The Hall–Kier alpha value is -1.52. The fourth-order valence-electron chi connectivity index (χ4n) is 2.55. The van der Waals surface area contributed by atoms with Crippen molar-refractivity contribution >= 4 is 36.0 Å². The Labute approximate surface area is 159 Å². The van der Waals surface area contributed by atoms with Crippen LogP contribution in [0.25, 0.3) is 0 Å². The van der Waals surface area contributed by atoms with E-state index in [1.54, 1.807) is 17.4 Å². The first-order valence-electron chi connectivity index (χ1n) is 8.13. The molecule has 0 bridgehead atoms. The highest BCUT2D eigenvalue weighted by Gasteiger charge is 2.23. The van der Waals surface area contributed by atoms with Crippen molar-refractivity contribution in [2.24, 2.45) is 10.7 Å². The molecular formula is C15H27IN6O2. The summed E-state index contributed by atoms with van der Waals surface area (Å²) in [4.78, 5) is 21.7. The van der Waals surface area contributed by atoms with E-state index in [0.29, 0.717) is 32.2 Å². The number of carbonyl (C=O) groups is 1. The van der Waals surface area contributed by atoms with Crippen LogP contribution in [0.3, 0.4) is 0 Å². The molecule has 1 aliphatic heterocycles. The number of nitrogens with one attached hydrogen (secondary N) is 1. The van der Waals surface area contributed by atoms with Gasteiger partial charge in [-0.1, -0.05) is 0 Å². The molecule has 24 heavy (non-hydrogen) atoms. The maximum Gasteiger partial charge on any atom is 0.409 e. The maximum atomic E-state index is 11.6. The molecule has 9 heteroatoms. The fraction of sp³-hybridized carbons (Fsp3) is 0.667. The largest absolute Gasteiger partial charge is 0.450 e. The zero-order chi connectivity index (χ0) is 16.5. The number of nitrogens with two attached hydrogens (primary N) is 1. The van der Waals surface area contributed by atoms with Gasteiger partial charge in [-0.2, -0.15) is 0 Å². The summed E-state index contributed by atoms with van der Waals surface area (Å²) in [5.41, 5.74) is 5.92. The molecule has 0 radical (unpaired) electrons. The normalized spacial score (nSPS) is 15.7. The number of amides is 1. The monoisotopic (exact) mass is 450 g/mol. The van der Waals surface area contributed by atoms with Gasteiger partial charge in [0.25, 0.3) is 0 Å². The van der Waals surface area contributed by atoms with E-state index in [4.69, 9.17) is 10.5 Å². The third kappa shape index (κ3) is 6.93. The van der Waals surface area contributed by atoms with Crippen molar-refractivity contribution in [1.82, 2.24) is 19.8 Å². The maximum absolute atomic E-state index is 11.6. The molecule has 8 nitrogen and oxygen atoms in total. The Kier molecular flexibility index (Phi) is 9.50. The van der Waals surface area contributed by atoms with E-state index in [-0.39, 0.29) is 36.1 Å².